The van der Waals surface area contributed by atoms with Gasteiger partial charge in [0.2, 0.25) is 0 Å². The minimum absolute atomic E-state index is 0.115. The van der Waals surface area contributed by atoms with Crippen LogP contribution in [0.15, 0.2) is 34.7 Å². The molecule has 2 aliphatic carbocycles. The number of methoxy groups -OCH3 is 3. The molecule has 172 valence electrons. The number of ketones is 2. The second kappa shape index (κ2) is 9.67. The maximum absolute atomic E-state index is 13.3. The van der Waals surface area contributed by atoms with Gasteiger partial charge in [-0.1, -0.05) is 11.6 Å². The van der Waals surface area contributed by atoms with Crippen molar-refractivity contribution in [3.63, 3.8) is 0 Å². The average Bonchev–Trinajstić information content (AvgIpc) is 2.79. The van der Waals surface area contributed by atoms with Crippen LogP contribution in [0, 0.1) is 0 Å². The van der Waals surface area contributed by atoms with Gasteiger partial charge in [0.1, 0.15) is 0 Å². The Morgan fingerprint density at radius 1 is 0.938 bits per heavy atom. The molecule has 0 radical (unpaired) electrons. The van der Waals surface area contributed by atoms with Gasteiger partial charge in [-0.05, 0) is 49.8 Å². The van der Waals surface area contributed by atoms with Crippen molar-refractivity contribution in [2.75, 3.05) is 34.5 Å². The summed E-state index contributed by atoms with van der Waals surface area (Å²) in [5, 5.41) is 0.403. The monoisotopic (exact) mass is 459 g/mol. The fraction of sp³-hybridized carbons (Fsp3) is 0.520. The smallest absolute Gasteiger partial charge is 0.179 e. The van der Waals surface area contributed by atoms with E-state index in [2.05, 4.69) is 4.90 Å². The maximum atomic E-state index is 13.3. The van der Waals surface area contributed by atoms with Crippen molar-refractivity contribution in [3.05, 3.63) is 45.3 Å². The van der Waals surface area contributed by atoms with Crippen LogP contribution in [-0.2, 0) is 14.3 Å². The van der Waals surface area contributed by atoms with Gasteiger partial charge in [0.25, 0.3) is 0 Å². The summed E-state index contributed by atoms with van der Waals surface area (Å²) in [6.45, 7) is 1.38. The molecule has 0 fully saturated rings. The number of rotatable bonds is 7. The summed E-state index contributed by atoms with van der Waals surface area (Å²) in [6, 6.07) is 3.67. The number of halogens is 1. The summed E-state index contributed by atoms with van der Waals surface area (Å²) in [5.41, 5.74) is 4.40. The highest BCUT2D eigenvalue weighted by molar-refractivity contribution is 6.32. The van der Waals surface area contributed by atoms with Crippen LogP contribution in [0.2, 0.25) is 5.02 Å². The third-order valence-corrected chi connectivity index (χ3v) is 6.89. The predicted molar refractivity (Wildman–Crippen MR) is 122 cm³/mol. The molecule has 1 heterocycles. The fourth-order valence-corrected chi connectivity index (χ4v) is 5.59. The Bertz CT molecular complexity index is 952. The first-order chi connectivity index (χ1) is 15.5. The van der Waals surface area contributed by atoms with Crippen LogP contribution in [0.1, 0.15) is 56.4 Å². The number of benzene rings is 1. The van der Waals surface area contributed by atoms with E-state index >= 15 is 0 Å². The van der Waals surface area contributed by atoms with E-state index in [0.717, 1.165) is 66.8 Å². The van der Waals surface area contributed by atoms with Gasteiger partial charge in [-0.15, -0.1) is 0 Å². The van der Waals surface area contributed by atoms with Crippen molar-refractivity contribution in [3.8, 4) is 11.5 Å². The van der Waals surface area contributed by atoms with Gasteiger partial charge in [0.05, 0.1) is 19.2 Å². The molecule has 0 unspecified atom stereocenters. The van der Waals surface area contributed by atoms with Crippen molar-refractivity contribution in [2.45, 2.75) is 50.9 Å². The number of hydrogen-bond donors (Lipinski definition) is 0. The molecule has 1 aromatic rings. The predicted octanol–water partition coefficient (Wildman–Crippen LogP) is 4.81. The first-order valence-corrected chi connectivity index (χ1v) is 11.6. The summed E-state index contributed by atoms with van der Waals surface area (Å²) in [4.78, 5) is 28.8. The molecule has 0 saturated heterocycles. The molecular formula is C25H30ClNO5. The minimum Gasteiger partial charge on any atom is -0.493 e. The number of hydrogen-bond acceptors (Lipinski definition) is 6. The summed E-state index contributed by atoms with van der Waals surface area (Å²) in [7, 11) is 4.79. The highest BCUT2D eigenvalue weighted by atomic mass is 35.5. The lowest BCUT2D eigenvalue weighted by atomic mass is 9.71. The number of Topliss-reactive ketones (excluding diaryl/α,β-unsaturated/α-hetero) is 2. The van der Waals surface area contributed by atoms with Crippen molar-refractivity contribution in [1.29, 1.82) is 0 Å². The van der Waals surface area contributed by atoms with Crippen LogP contribution in [0.5, 0.6) is 11.5 Å². The molecule has 4 rings (SSSR count). The fourth-order valence-electron chi connectivity index (χ4n) is 5.29. The third kappa shape index (κ3) is 3.95. The van der Waals surface area contributed by atoms with E-state index in [1.165, 1.54) is 0 Å². The molecule has 32 heavy (non-hydrogen) atoms. The second-order valence-electron chi connectivity index (χ2n) is 8.44. The first-order valence-electron chi connectivity index (χ1n) is 11.2. The van der Waals surface area contributed by atoms with Gasteiger partial charge < -0.3 is 19.1 Å². The zero-order chi connectivity index (χ0) is 22.8. The number of carbonyl (C=O) groups excluding carboxylic acids is 2. The molecule has 0 spiro atoms. The zero-order valence-electron chi connectivity index (χ0n) is 19.0. The van der Waals surface area contributed by atoms with E-state index in [1.54, 1.807) is 21.3 Å². The lowest BCUT2D eigenvalue weighted by molar-refractivity contribution is -0.117. The van der Waals surface area contributed by atoms with Crippen molar-refractivity contribution < 1.29 is 23.8 Å². The Balaban J connectivity index is 1.91. The zero-order valence-corrected chi connectivity index (χ0v) is 19.7. The molecule has 0 amide bonds. The highest BCUT2D eigenvalue weighted by Crippen LogP contribution is 2.51. The number of ether oxygens (including phenoxy) is 3. The van der Waals surface area contributed by atoms with Gasteiger partial charge in [-0.25, -0.2) is 0 Å². The highest BCUT2D eigenvalue weighted by Gasteiger charge is 2.43. The molecule has 1 aliphatic heterocycles. The molecule has 1 aromatic carbocycles. The van der Waals surface area contributed by atoms with E-state index in [9.17, 15) is 9.59 Å². The van der Waals surface area contributed by atoms with E-state index in [1.807, 2.05) is 12.1 Å². The van der Waals surface area contributed by atoms with E-state index in [0.29, 0.717) is 36.0 Å². The van der Waals surface area contributed by atoms with Crippen LogP contribution in [0.4, 0.5) is 0 Å². The quantitative estimate of drug-likeness (QED) is 0.545. The Morgan fingerprint density at radius 2 is 1.56 bits per heavy atom. The van der Waals surface area contributed by atoms with Gasteiger partial charge in [-0.3, -0.25) is 9.59 Å². The number of carbonyl (C=O) groups is 2. The lowest BCUT2D eigenvalue weighted by Gasteiger charge is -2.44. The SMILES string of the molecule is COCCCN1C2=C(C(=O)CCC2)C(c2cc(Cl)c(OC)c(OC)c2)C2=C1CCCC2=O. The standard InChI is InChI=1S/C25H30ClNO5/c1-30-12-6-11-27-17-7-4-9-19(28)23(17)22(24-18(27)8-5-10-20(24)29)15-13-16(26)25(32-3)21(14-15)31-2/h13-14,22H,4-12H2,1-3H3. The molecule has 3 aliphatic rings. The van der Waals surface area contributed by atoms with E-state index in [-0.39, 0.29) is 11.6 Å². The van der Waals surface area contributed by atoms with Crippen molar-refractivity contribution >= 4 is 23.2 Å². The molecular weight excluding hydrogens is 430 g/mol. The molecule has 0 saturated carbocycles. The average molecular weight is 460 g/mol. The second-order valence-corrected chi connectivity index (χ2v) is 8.85. The Kier molecular flexibility index (Phi) is 6.91. The summed E-state index contributed by atoms with van der Waals surface area (Å²) in [6.07, 6.45) is 5.15. The Hall–Kier alpha value is -2.31. The topological polar surface area (TPSA) is 65.1 Å². The van der Waals surface area contributed by atoms with Crippen LogP contribution in [0.3, 0.4) is 0 Å². The molecule has 0 bridgehead atoms. The molecule has 7 heteroatoms. The lowest BCUT2D eigenvalue weighted by Crippen LogP contribution is -2.39. The third-order valence-electron chi connectivity index (χ3n) is 6.61. The van der Waals surface area contributed by atoms with Crippen LogP contribution >= 0.6 is 11.6 Å². The minimum atomic E-state index is -0.420. The van der Waals surface area contributed by atoms with E-state index < -0.39 is 5.92 Å². The summed E-state index contributed by atoms with van der Waals surface area (Å²) < 4.78 is 16.2. The maximum Gasteiger partial charge on any atom is 0.179 e. The molecule has 0 N–H and O–H groups in total. The first kappa shape index (κ1) is 22.9. The normalized spacial score (nSPS) is 19.3. The molecule has 0 aromatic heterocycles. The Morgan fingerprint density at radius 3 is 2.09 bits per heavy atom. The van der Waals surface area contributed by atoms with E-state index in [4.69, 9.17) is 25.8 Å². The van der Waals surface area contributed by atoms with Crippen LogP contribution in [-0.4, -0.2) is 50.9 Å². The molecule has 0 atom stereocenters. The van der Waals surface area contributed by atoms with Gasteiger partial charge >= 0.3 is 0 Å². The van der Waals surface area contributed by atoms with Crippen molar-refractivity contribution in [2.24, 2.45) is 0 Å². The summed E-state index contributed by atoms with van der Waals surface area (Å²) >= 11 is 6.54. The largest absolute Gasteiger partial charge is 0.493 e. The van der Waals surface area contributed by atoms with Gasteiger partial charge in [0.15, 0.2) is 23.1 Å². The summed E-state index contributed by atoms with van der Waals surface area (Å²) in [5.74, 6) is 0.751. The van der Waals surface area contributed by atoms with Gasteiger partial charge in [-0.2, -0.15) is 0 Å². The number of allylic oxidation sites excluding steroid dienone is 4. The van der Waals surface area contributed by atoms with Crippen LogP contribution in [0.25, 0.3) is 0 Å². The Labute approximate surface area is 194 Å². The number of nitrogens with zero attached hydrogens (tertiary/aromatic N) is 1. The van der Waals surface area contributed by atoms with Crippen molar-refractivity contribution in [1.82, 2.24) is 4.90 Å². The van der Waals surface area contributed by atoms with Crippen LogP contribution < -0.4 is 9.47 Å². The van der Waals surface area contributed by atoms with Gasteiger partial charge in [0, 0.05) is 61.6 Å². The molecule has 6 nitrogen and oxygen atoms in total.